The largest absolute Gasteiger partial charge is 0.453 e. The van der Waals surface area contributed by atoms with Gasteiger partial charge >= 0.3 is 0 Å². The molecule has 0 spiro atoms. The van der Waals surface area contributed by atoms with Crippen molar-refractivity contribution in [1.29, 1.82) is 0 Å². The average Bonchev–Trinajstić information content (AvgIpc) is 3.15. The first-order valence-electron chi connectivity index (χ1n) is 6.67. The highest BCUT2D eigenvalue weighted by molar-refractivity contribution is 9.10. The van der Waals surface area contributed by atoms with Crippen LogP contribution in [0.25, 0.3) is 33.9 Å². The van der Waals surface area contributed by atoms with E-state index in [2.05, 4.69) is 31.1 Å². The van der Waals surface area contributed by atoms with Crippen LogP contribution in [0.4, 0.5) is 5.69 Å². The summed E-state index contributed by atoms with van der Waals surface area (Å²) in [4.78, 5) is 4.49. The smallest absolute Gasteiger partial charge is 0.192 e. The van der Waals surface area contributed by atoms with E-state index in [1.807, 2.05) is 48.5 Å². The highest BCUT2D eigenvalue weighted by atomic mass is 79.9. The molecule has 4 aromatic rings. The zero-order valence-corrected chi connectivity index (χ0v) is 13.0. The molecule has 6 heteroatoms. The van der Waals surface area contributed by atoms with E-state index in [9.17, 15) is 0 Å². The van der Waals surface area contributed by atoms with Gasteiger partial charge < -0.3 is 10.2 Å². The van der Waals surface area contributed by atoms with Crippen LogP contribution in [-0.4, -0.2) is 15.2 Å². The number of hydrogen-bond donors (Lipinski definition) is 2. The van der Waals surface area contributed by atoms with Crippen molar-refractivity contribution in [3.8, 4) is 23.0 Å². The Bertz CT molecular complexity index is 940. The minimum Gasteiger partial charge on any atom is -0.453 e. The number of fused-ring (bicyclic) bond motifs is 1. The van der Waals surface area contributed by atoms with Crippen LogP contribution >= 0.6 is 15.9 Å². The average molecular weight is 355 g/mol. The zero-order chi connectivity index (χ0) is 15.1. The van der Waals surface area contributed by atoms with Gasteiger partial charge in [0.05, 0.1) is 0 Å². The lowest BCUT2D eigenvalue weighted by Gasteiger charge is -2.01. The number of furan rings is 1. The van der Waals surface area contributed by atoms with Crippen molar-refractivity contribution in [2.45, 2.75) is 0 Å². The molecule has 0 saturated heterocycles. The third-order valence-electron chi connectivity index (χ3n) is 3.40. The maximum absolute atomic E-state index is 5.99. The number of para-hydroxylation sites is 1. The molecule has 2 aromatic heterocycles. The molecule has 2 aromatic carbocycles. The predicted molar refractivity (Wildman–Crippen MR) is 89.1 cm³/mol. The molecule has 0 unspecified atom stereocenters. The van der Waals surface area contributed by atoms with E-state index in [4.69, 9.17) is 10.2 Å². The molecule has 2 heterocycles. The first-order chi connectivity index (χ1) is 10.7. The molecule has 0 aliphatic heterocycles. The number of nitrogens with two attached hydrogens (primary N) is 1. The zero-order valence-electron chi connectivity index (χ0n) is 11.4. The molecule has 0 aliphatic carbocycles. The number of nitrogens with one attached hydrogen (secondary N) is 1. The maximum atomic E-state index is 5.99. The lowest BCUT2D eigenvalue weighted by atomic mass is 10.2. The van der Waals surface area contributed by atoms with Crippen molar-refractivity contribution < 1.29 is 4.42 Å². The lowest BCUT2D eigenvalue weighted by molar-refractivity contribution is 0.625. The monoisotopic (exact) mass is 354 g/mol. The number of nitrogens with zero attached hydrogens (tertiary/aromatic N) is 2. The van der Waals surface area contributed by atoms with Gasteiger partial charge in [-0.3, -0.25) is 5.10 Å². The fourth-order valence-electron chi connectivity index (χ4n) is 2.31. The van der Waals surface area contributed by atoms with Crippen LogP contribution in [0.5, 0.6) is 0 Å². The summed E-state index contributed by atoms with van der Waals surface area (Å²) in [5.74, 6) is 1.76. The van der Waals surface area contributed by atoms with Crippen LogP contribution in [0.3, 0.4) is 0 Å². The highest BCUT2D eigenvalue weighted by Gasteiger charge is 2.14. The van der Waals surface area contributed by atoms with E-state index < -0.39 is 0 Å². The molecule has 0 radical (unpaired) electrons. The van der Waals surface area contributed by atoms with Gasteiger partial charge in [-0.2, -0.15) is 5.10 Å². The Labute approximate surface area is 134 Å². The van der Waals surface area contributed by atoms with Crippen molar-refractivity contribution in [1.82, 2.24) is 15.2 Å². The molecule has 0 bridgehead atoms. The maximum Gasteiger partial charge on any atom is 0.192 e. The van der Waals surface area contributed by atoms with Gasteiger partial charge in [-0.1, -0.05) is 34.1 Å². The summed E-state index contributed by atoms with van der Waals surface area (Å²) in [5, 5.41) is 8.17. The van der Waals surface area contributed by atoms with Gasteiger partial charge in [0.15, 0.2) is 17.4 Å². The minimum atomic E-state index is 0.536. The van der Waals surface area contributed by atoms with Gasteiger partial charge in [-0.05, 0) is 30.3 Å². The summed E-state index contributed by atoms with van der Waals surface area (Å²) in [7, 11) is 0. The molecule has 3 N–H and O–H groups in total. The van der Waals surface area contributed by atoms with Crippen molar-refractivity contribution in [3.63, 3.8) is 0 Å². The minimum absolute atomic E-state index is 0.536. The van der Waals surface area contributed by atoms with Crippen LogP contribution in [-0.2, 0) is 0 Å². The SMILES string of the molecule is Nc1ccc(Br)cc1-c1n[nH]c(-c2cc3ccccc3o2)n1. The molecule has 108 valence electrons. The molecule has 0 fully saturated rings. The normalized spacial score (nSPS) is 11.1. The summed E-state index contributed by atoms with van der Waals surface area (Å²) in [6, 6.07) is 15.3. The predicted octanol–water partition coefficient (Wildman–Crippen LogP) is 4.23. The second-order valence-electron chi connectivity index (χ2n) is 4.89. The number of rotatable bonds is 2. The number of hydrogen-bond acceptors (Lipinski definition) is 4. The van der Waals surface area contributed by atoms with E-state index in [1.54, 1.807) is 0 Å². The van der Waals surface area contributed by atoms with Gasteiger partial charge in [0.1, 0.15) is 5.58 Å². The molecular formula is C16H11BrN4O. The molecule has 0 amide bonds. The van der Waals surface area contributed by atoms with Crippen LogP contribution in [0.2, 0.25) is 0 Å². The fraction of sp³-hybridized carbons (Fsp3) is 0. The van der Waals surface area contributed by atoms with Gasteiger partial charge in [-0.25, -0.2) is 4.98 Å². The highest BCUT2D eigenvalue weighted by Crippen LogP contribution is 2.29. The number of H-pyrrole nitrogens is 1. The molecular weight excluding hydrogens is 344 g/mol. The number of aromatic amines is 1. The Balaban J connectivity index is 1.79. The van der Waals surface area contributed by atoms with E-state index >= 15 is 0 Å². The summed E-state index contributed by atoms with van der Waals surface area (Å²) in [6.45, 7) is 0. The Hall–Kier alpha value is -2.60. The second-order valence-corrected chi connectivity index (χ2v) is 5.80. The third kappa shape index (κ3) is 2.17. The van der Waals surface area contributed by atoms with Crippen molar-refractivity contribution in [2.75, 3.05) is 5.73 Å². The molecule has 5 nitrogen and oxygen atoms in total. The van der Waals surface area contributed by atoms with Crippen molar-refractivity contribution >= 4 is 32.6 Å². The van der Waals surface area contributed by atoms with Crippen LogP contribution < -0.4 is 5.73 Å². The van der Waals surface area contributed by atoms with Gasteiger partial charge in [0.2, 0.25) is 0 Å². The Morgan fingerprint density at radius 1 is 1.09 bits per heavy atom. The van der Waals surface area contributed by atoms with Gasteiger partial charge in [0, 0.05) is 21.1 Å². The first kappa shape index (κ1) is 13.1. The van der Waals surface area contributed by atoms with Crippen LogP contribution in [0.1, 0.15) is 0 Å². The number of halogens is 1. The number of aromatic nitrogens is 3. The van der Waals surface area contributed by atoms with E-state index in [0.717, 1.165) is 21.0 Å². The second kappa shape index (κ2) is 4.99. The Kier molecular flexibility index (Phi) is 2.97. The van der Waals surface area contributed by atoms with Gasteiger partial charge in [0.25, 0.3) is 0 Å². The van der Waals surface area contributed by atoms with E-state index in [1.165, 1.54) is 0 Å². The molecule has 22 heavy (non-hydrogen) atoms. The molecule has 0 atom stereocenters. The van der Waals surface area contributed by atoms with E-state index in [-0.39, 0.29) is 0 Å². The van der Waals surface area contributed by atoms with Crippen molar-refractivity contribution in [3.05, 3.63) is 53.0 Å². The third-order valence-corrected chi connectivity index (χ3v) is 3.89. The fourth-order valence-corrected chi connectivity index (χ4v) is 2.67. The Morgan fingerprint density at radius 3 is 2.82 bits per heavy atom. The molecule has 4 rings (SSSR count). The summed E-state index contributed by atoms with van der Waals surface area (Å²) >= 11 is 3.43. The van der Waals surface area contributed by atoms with Crippen LogP contribution in [0.15, 0.2) is 57.4 Å². The van der Waals surface area contributed by atoms with Gasteiger partial charge in [-0.15, -0.1) is 0 Å². The van der Waals surface area contributed by atoms with E-state index in [0.29, 0.717) is 23.1 Å². The molecule has 0 saturated carbocycles. The number of nitrogen functional groups attached to an aromatic ring is 1. The van der Waals surface area contributed by atoms with Crippen LogP contribution in [0, 0.1) is 0 Å². The standard InChI is InChI=1S/C16H11BrN4O/c17-10-5-6-12(18)11(8-10)15-19-16(21-20-15)14-7-9-3-1-2-4-13(9)22-14/h1-8H,18H2,(H,19,20,21). The summed E-state index contributed by atoms with van der Waals surface area (Å²) in [5.41, 5.74) is 8.20. The lowest BCUT2D eigenvalue weighted by Crippen LogP contribution is -1.91. The summed E-state index contributed by atoms with van der Waals surface area (Å²) < 4.78 is 6.71. The quantitative estimate of drug-likeness (QED) is 0.527. The summed E-state index contributed by atoms with van der Waals surface area (Å²) in [6.07, 6.45) is 0. The number of anilines is 1. The first-order valence-corrected chi connectivity index (χ1v) is 7.47. The topological polar surface area (TPSA) is 80.7 Å². The van der Waals surface area contributed by atoms with Crippen molar-refractivity contribution in [2.24, 2.45) is 0 Å². The Morgan fingerprint density at radius 2 is 1.95 bits per heavy atom. The molecule has 0 aliphatic rings. The number of benzene rings is 2.